The first kappa shape index (κ1) is 20.5. The van der Waals surface area contributed by atoms with Crippen molar-refractivity contribution >= 4 is 5.97 Å². The number of aliphatic carboxylic acids is 1. The summed E-state index contributed by atoms with van der Waals surface area (Å²) in [6, 6.07) is 17.9. The minimum absolute atomic E-state index is 0.0785. The van der Waals surface area contributed by atoms with Gasteiger partial charge in [0.2, 0.25) is 0 Å². The summed E-state index contributed by atoms with van der Waals surface area (Å²) in [5.41, 5.74) is 3.59. The van der Waals surface area contributed by atoms with Gasteiger partial charge in [-0.1, -0.05) is 24.3 Å². The maximum absolute atomic E-state index is 13.9. The van der Waals surface area contributed by atoms with Crippen LogP contribution >= 0.6 is 0 Å². The molecule has 1 saturated carbocycles. The second kappa shape index (κ2) is 8.57. The standard InChI is InChI=1S/C25H21FN2O3/c26-20-5-8-22(18-4-9-23(28-14-18)25(16-27)11-12-25)19(13-20)15-31-21-6-1-17(2-7-21)3-10-24(29)30/h1-2,4-9,13-14H,3,10-12,15H2,(H,29,30). The zero-order chi connectivity index (χ0) is 21.8. The third-order valence-corrected chi connectivity index (χ3v) is 5.54. The molecule has 1 fully saturated rings. The lowest BCUT2D eigenvalue weighted by atomic mass is 9.98. The highest BCUT2D eigenvalue weighted by Gasteiger charge is 2.46. The van der Waals surface area contributed by atoms with Crippen LogP contribution in [0, 0.1) is 17.1 Å². The van der Waals surface area contributed by atoms with Gasteiger partial charge in [-0.15, -0.1) is 0 Å². The molecule has 0 amide bonds. The summed E-state index contributed by atoms with van der Waals surface area (Å²) in [6.45, 7) is 0.172. The van der Waals surface area contributed by atoms with Crippen LogP contribution in [0.25, 0.3) is 11.1 Å². The van der Waals surface area contributed by atoms with E-state index in [0.717, 1.165) is 35.2 Å². The number of hydrogen-bond acceptors (Lipinski definition) is 4. The molecule has 0 spiro atoms. The Morgan fingerprint density at radius 1 is 1.16 bits per heavy atom. The Hall–Kier alpha value is -3.72. The van der Waals surface area contributed by atoms with Gasteiger partial charge in [-0.25, -0.2) is 4.39 Å². The van der Waals surface area contributed by atoms with Gasteiger partial charge in [0.05, 0.1) is 17.2 Å². The Balaban J connectivity index is 1.49. The number of hydrogen-bond donors (Lipinski definition) is 1. The number of carbonyl (C=O) groups is 1. The van der Waals surface area contributed by atoms with Crippen molar-refractivity contribution in [3.8, 4) is 22.9 Å². The van der Waals surface area contributed by atoms with Crippen LogP contribution in [-0.4, -0.2) is 16.1 Å². The van der Waals surface area contributed by atoms with E-state index in [-0.39, 0.29) is 18.8 Å². The van der Waals surface area contributed by atoms with Crippen molar-refractivity contribution in [2.75, 3.05) is 0 Å². The van der Waals surface area contributed by atoms with Gasteiger partial charge in [-0.05, 0) is 60.7 Å². The van der Waals surface area contributed by atoms with E-state index in [1.165, 1.54) is 12.1 Å². The first-order chi connectivity index (χ1) is 15.0. The molecule has 31 heavy (non-hydrogen) atoms. The molecule has 1 heterocycles. The number of carboxylic acids is 1. The Kier molecular flexibility index (Phi) is 5.68. The van der Waals surface area contributed by atoms with E-state index in [2.05, 4.69) is 11.1 Å². The summed E-state index contributed by atoms with van der Waals surface area (Å²) in [5, 5.41) is 18.1. The fourth-order valence-corrected chi connectivity index (χ4v) is 3.51. The summed E-state index contributed by atoms with van der Waals surface area (Å²) in [6.07, 6.45) is 3.93. The molecule has 0 bridgehead atoms. The molecule has 5 nitrogen and oxygen atoms in total. The fourth-order valence-electron chi connectivity index (χ4n) is 3.51. The molecule has 2 aromatic carbocycles. The van der Waals surface area contributed by atoms with Crippen molar-refractivity contribution in [2.45, 2.75) is 37.7 Å². The number of ether oxygens (including phenoxy) is 1. The van der Waals surface area contributed by atoms with E-state index < -0.39 is 11.4 Å². The van der Waals surface area contributed by atoms with Gasteiger partial charge < -0.3 is 9.84 Å². The monoisotopic (exact) mass is 416 g/mol. The fraction of sp³-hybridized carbons (Fsp3) is 0.240. The molecule has 0 radical (unpaired) electrons. The minimum Gasteiger partial charge on any atom is -0.489 e. The number of benzene rings is 2. The maximum Gasteiger partial charge on any atom is 0.303 e. The molecular weight excluding hydrogens is 395 g/mol. The number of aryl methyl sites for hydroxylation is 1. The Morgan fingerprint density at radius 2 is 1.94 bits per heavy atom. The van der Waals surface area contributed by atoms with Gasteiger partial charge in [0.1, 0.15) is 18.2 Å². The Labute approximate surface area is 179 Å². The molecule has 156 valence electrons. The smallest absolute Gasteiger partial charge is 0.303 e. The average Bonchev–Trinajstić information content (AvgIpc) is 3.59. The Morgan fingerprint density at radius 3 is 2.55 bits per heavy atom. The zero-order valence-corrected chi connectivity index (χ0v) is 16.8. The molecule has 0 atom stereocenters. The van der Waals surface area contributed by atoms with Crippen LogP contribution in [0.15, 0.2) is 60.8 Å². The predicted molar refractivity (Wildman–Crippen MR) is 113 cm³/mol. The summed E-state index contributed by atoms with van der Waals surface area (Å²) in [7, 11) is 0. The third-order valence-electron chi connectivity index (χ3n) is 5.54. The average molecular weight is 416 g/mol. The molecule has 1 aliphatic rings. The summed E-state index contributed by atoms with van der Waals surface area (Å²) >= 11 is 0. The van der Waals surface area contributed by atoms with Gasteiger partial charge in [0.15, 0.2) is 0 Å². The SMILES string of the molecule is N#CC1(c2ccc(-c3ccc(F)cc3COc3ccc(CCC(=O)O)cc3)cn2)CC1. The molecule has 0 aliphatic heterocycles. The largest absolute Gasteiger partial charge is 0.489 e. The van der Waals surface area contributed by atoms with Crippen LogP contribution < -0.4 is 4.74 Å². The minimum atomic E-state index is -0.832. The number of carboxylic acid groups (broad SMARTS) is 1. The van der Waals surface area contributed by atoms with Crippen LogP contribution in [0.3, 0.4) is 0 Å². The van der Waals surface area contributed by atoms with Gasteiger partial charge in [-0.2, -0.15) is 5.26 Å². The zero-order valence-electron chi connectivity index (χ0n) is 16.8. The van der Waals surface area contributed by atoms with Crippen LogP contribution in [0.4, 0.5) is 4.39 Å². The lowest BCUT2D eigenvalue weighted by Gasteiger charge is -2.13. The molecule has 1 N–H and O–H groups in total. The third kappa shape index (κ3) is 4.72. The van der Waals surface area contributed by atoms with Crippen molar-refractivity contribution in [1.82, 2.24) is 4.98 Å². The lowest BCUT2D eigenvalue weighted by molar-refractivity contribution is -0.136. The number of pyridine rings is 1. The van der Waals surface area contributed by atoms with Crippen LogP contribution in [-0.2, 0) is 23.2 Å². The van der Waals surface area contributed by atoms with Crippen LogP contribution in [0.2, 0.25) is 0 Å². The molecule has 0 saturated heterocycles. The van der Waals surface area contributed by atoms with Crippen LogP contribution in [0.5, 0.6) is 5.75 Å². The van der Waals surface area contributed by atoms with E-state index >= 15 is 0 Å². The first-order valence-corrected chi connectivity index (χ1v) is 10.1. The van der Waals surface area contributed by atoms with Crippen molar-refractivity contribution in [2.24, 2.45) is 0 Å². The van der Waals surface area contributed by atoms with Crippen molar-refractivity contribution in [3.05, 3.63) is 83.4 Å². The number of aromatic nitrogens is 1. The maximum atomic E-state index is 13.9. The van der Waals surface area contributed by atoms with E-state index in [9.17, 15) is 14.4 Å². The van der Waals surface area contributed by atoms with Gasteiger partial charge in [0, 0.05) is 23.7 Å². The molecule has 1 aromatic heterocycles. The normalized spacial score (nSPS) is 13.9. The summed E-state index contributed by atoms with van der Waals surface area (Å²) in [4.78, 5) is 15.2. The predicted octanol–water partition coefficient (Wildman–Crippen LogP) is 5.04. The van der Waals surface area contributed by atoms with Crippen LogP contribution in [0.1, 0.15) is 36.1 Å². The number of nitriles is 1. The first-order valence-electron chi connectivity index (χ1n) is 10.1. The van der Waals surface area contributed by atoms with Gasteiger partial charge in [-0.3, -0.25) is 9.78 Å². The molecule has 6 heteroatoms. The molecule has 0 unspecified atom stereocenters. The molecule has 3 aromatic rings. The summed E-state index contributed by atoms with van der Waals surface area (Å²) < 4.78 is 19.8. The molecule has 4 rings (SSSR count). The number of rotatable bonds is 8. The van der Waals surface area contributed by atoms with Crippen molar-refractivity contribution in [3.63, 3.8) is 0 Å². The lowest BCUT2D eigenvalue weighted by Crippen LogP contribution is -2.05. The van der Waals surface area contributed by atoms with Gasteiger partial charge >= 0.3 is 5.97 Å². The number of halogens is 1. The van der Waals surface area contributed by atoms with E-state index in [4.69, 9.17) is 9.84 Å². The quantitative estimate of drug-likeness (QED) is 0.556. The molecule has 1 aliphatic carbocycles. The molecular formula is C25H21FN2O3. The highest BCUT2D eigenvalue weighted by molar-refractivity contribution is 5.67. The highest BCUT2D eigenvalue weighted by atomic mass is 19.1. The van der Waals surface area contributed by atoms with Crippen molar-refractivity contribution < 1.29 is 19.0 Å². The van der Waals surface area contributed by atoms with E-state index in [1.54, 1.807) is 24.4 Å². The van der Waals surface area contributed by atoms with E-state index in [0.29, 0.717) is 17.7 Å². The second-order valence-corrected chi connectivity index (χ2v) is 7.75. The highest BCUT2D eigenvalue weighted by Crippen LogP contribution is 2.46. The second-order valence-electron chi connectivity index (χ2n) is 7.75. The summed E-state index contributed by atoms with van der Waals surface area (Å²) in [5.74, 6) is -0.564. The number of nitrogens with zero attached hydrogens (tertiary/aromatic N) is 2. The Bertz CT molecular complexity index is 1130. The topological polar surface area (TPSA) is 83.2 Å². The van der Waals surface area contributed by atoms with Gasteiger partial charge in [0.25, 0.3) is 0 Å². The van der Waals surface area contributed by atoms with E-state index in [1.807, 2.05) is 24.3 Å². The van der Waals surface area contributed by atoms with Crippen molar-refractivity contribution in [1.29, 1.82) is 5.26 Å².